The number of likely N-dealkylation sites (N-methyl/N-ethyl adjacent to an activating group) is 1. The molecule has 4 heteroatoms. The van der Waals surface area contributed by atoms with Crippen LogP contribution >= 0.6 is 12.2 Å². The van der Waals surface area contributed by atoms with Crippen LogP contribution < -0.4 is 11.1 Å². The Morgan fingerprint density at radius 2 is 2.42 bits per heavy atom. The molecule has 3 N–H and O–H groups in total. The Morgan fingerprint density at radius 1 is 1.75 bits per heavy atom. The maximum absolute atomic E-state index is 5.37. The second kappa shape index (κ2) is 3.58. The molecule has 0 saturated carbocycles. The van der Waals surface area contributed by atoms with Crippen LogP contribution in [0.3, 0.4) is 0 Å². The van der Waals surface area contributed by atoms with Gasteiger partial charge in [0.15, 0.2) is 5.11 Å². The van der Waals surface area contributed by atoms with E-state index in [4.69, 9.17) is 18.0 Å². The molecule has 0 saturated heterocycles. The monoisotopic (exact) mass is 183 g/mol. The maximum atomic E-state index is 5.37. The molecule has 0 spiro atoms. The molecule has 0 aliphatic carbocycles. The lowest BCUT2D eigenvalue weighted by Gasteiger charge is -2.28. The fourth-order valence-corrected chi connectivity index (χ4v) is 1.18. The SMILES string of the molecule is CC1C(NC(N)=S)=CC=CN1C. The Hall–Kier alpha value is -1.03. The van der Waals surface area contributed by atoms with Crippen LogP contribution in [0.15, 0.2) is 24.0 Å². The highest BCUT2D eigenvalue weighted by Crippen LogP contribution is 2.10. The predicted molar refractivity (Wildman–Crippen MR) is 54.4 cm³/mol. The average Bonchev–Trinajstić information content (AvgIpc) is 1.98. The van der Waals surface area contributed by atoms with E-state index in [1.54, 1.807) is 0 Å². The Balaban J connectivity index is 2.69. The van der Waals surface area contributed by atoms with Crippen molar-refractivity contribution in [1.82, 2.24) is 10.2 Å². The highest BCUT2D eigenvalue weighted by atomic mass is 32.1. The Kier molecular flexibility index (Phi) is 2.70. The van der Waals surface area contributed by atoms with Crippen molar-refractivity contribution >= 4 is 17.3 Å². The first-order valence-electron chi connectivity index (χ1n) is 3.78. The van der Waals surface area contributed by atoms with Crippen LogP contribution in [0.2, 0.25) is 0 Å². The molecule has 0 radical (unpaired) electrons. The fourth-order valence-electron chi connectivity index (χ4n) is 1.06. The van der Waals surface area contributed by atoms with Crippen molar-refractivity contribution in [2.75, 3.05) is 7.05 Å². The van der Waals surface area contributed by atoms with Crippen molar-refractivity contribution < 1.29 is 0 Å². The molecule has 1 aliphatic heterocycles. The smallest absolute Gasteiger partial charge is 0.167 e. The molecule has 1 heterocycles. The summed E-state index contributed by atoms with van der Waals surface area (Å²) in [5.41, 5.74) is 6.40. The molecule has 0 amide bonds. The molecular weight excluding hydrogens is 170 g/mol. The lowest BCUT2D eigenvalue weighted by Crippen LogP contribution is -2.39. The summed E-state index contributed by atoms with van der Waals surface area (Å²) < 4.78 is 0. The molecule has 12 heavy (non-hydrogen) atoms. The van der Waals surface area contributed by atoms with Gasteiger partial charge in [0.05, 0.1) is 6.04 Å². The number of thiocarbonyl (C=S) groups is 1. The largest absolute Gasteiger partial charge is 0.376 e. The fraction of sp³-hybridized carbons (Fsp3) is 0.375. The van der Waals surface area contributed by atoms with Crippen molar-refractivity contribution in [3.63, 3.8) is 0 Å². The van der Waals surface area contributed by atoms with Crippen LogP contribution in [0.1, 0.15) is 6.92 Å². The van der Waals surface area contributed by atoms with Crippen LogP contribution in [0.25, 0.3) is 0 Å². The summed E-state index contributed by atoms with van der Waals surface area (Å²) in [6.07, 6.45) is 5.94. The van der Waals surface area contributed by atoms with Crippen molar-refractivity contribution in [1.29, 1.82) is 0 Å². The third kappa shape index (κ3) is 1.98. The number of nitrogens with two attached hydrogens (primary N) is 1. The molecule has 0 aromatic rings. The summed E-state index contributed by atoms with van der Waals surface area (Å²) in [6.45, 7) is 2.08. The van der Waals surface area contributed by atoms with Gasteiger partial charge in [-0.05, 0) is 37.5 Å². The van der Waals surface area contributed by atoms with Crippen molar-refractivity contribution in [3.8, 4) is 0 Å². The van der Waals surface area contributed by atoms with E-state index in [2.05, 4.69) is 17.1 Å². The number of allylic oxidation sites excluding steroid dienone is 2. The zero-order valence-corrected chi connectivity index (χ0v) is 8.06. The Labute approximate surface area is 77.9 Å². The van der Waals surface area contributed by atoms with Crippen LogP contribution in [0, 0.1) is 0 Å². The van der Waals surface area contributed by atoms with Crippen LogP contribution in [0.5, 0.6) is 0 Å². The summed E-state index contributed by atoms with van der Waals surface area (Å²) >= 11 is 4.75. The molecule has 0 aromatic heterocycles. The van der Waals surface area contributed by atoms with Crippen LogP contribution in [-0.4, -0.2) is 23.1 Å². The molecule has 1 aliphatic rings. The summed E-state index contributed by atoms with van der Waals surface area (Å²) in [5.74, 6) is 0. The molecule has 1 atom stereocenters. The van der Waals surface area contributed by atoms with Crippen molar-refractivity contribution in [2.24, 2.45) is 5.73 Å². The van der Waals surface area contributed by atoms with Gasteiger partial charge in [-0.15, -0.1) is 0 Å². The summed E-state index contributed by atoms with van der Waals surface area (Å²) in [4.78, 5) is 2.08. The minimum atomic E-state index is 0.302. The van der Waals surface area contributed by atoms with Crippen molar-refractivity contribution in [2.45, 2.75) is 13.0 Å². The van der Waals surface area contributed by atoms with Gasteiger partial charge >= 0.3 is 0 Å². The zero-order valence-electron chi connectivity index (χ0n) is 7.24. The van der Waals surface area contributed by atoms with E-state index in [0.29, 0.717) is 11.2 Å². The van der Waals surface area contributed by atoms with Gasteiger partial charge in [0.1, 0.15) is 0 Å². The lowest BCUT2D eigenvalue weighted by molar-refractivity contribution is 0.379. The highest BCUT2D eigenvalue weighted by molar-refractivity contribution is 7.80. The molecule has 0 fully saturated rings. The zero-order chi connectivity index (χ0) is 9.14. The van der Waals surface area contributed by atoms with E-state index in [1.165, 1.54) is 0 Å². The predicted octanol–water partition coefficient (Wildman–Crippen LogP) is 0.551. The first-order chi connectivity index (χ1) is 5.61. The van der Waals surface area contributed by atoms with E-state index in [9.17, 15) is 0 Å². The second-order valence-corrected chi connectivity index (χ2v) is 3.23. The minimum absolute atomic E-state index is 0.302. The standard InChI is InChI=1S/C8H13N3S/c1-6-7(10-8(9)12)4-3-5-11(6)2/h3-6H,1-2H3,(H3,9,10,12). The third-order valence-electron chi connectivity index (χ3n) is 1.93. The quantitative estimate of drug-likeness (QED) is 0.583. The molecule has 0 bridgehead atoms. The number of nitrogens with one attached hydrogen (secondary N) is 1. The normalized spacial score (nSPS) is 22.0. The number of nitrogens with zero attached hydrogens (tertiary/aromatic N) is 1. The summed E-state index contributed by atoms with van der Waals surface area (Å²) in [5, 5.41) is 3.26. The topological polar surface area (TPSA) is 41.3 Å². The highest BCUT2D eigenvalue weighted by Gasteiger charge is 2.13. The van der Waals surface area contributed by atoms with Gasteiger partial charge in [0, 0.05) is 12.7 Å². The third-order valence-corrected chi connectivity index (χ3v) is 2.03. The van der Waals surface area contributed by atoms with Crippen LogP contribution in [0.4, 0.5) is 0 Å². The molecule has 3 nitrogen and oxygen atoms in total. The summed E-state index contributed by atoms with van der Waals surface area (Å²) in [6, 6.07) is 0.302. The first kappa shape index (κ1) is 9.06. The average molecular weight is 183 g/mol. The van der Waals surface area contributed by atoms with Crippen LogP contribution in [-0.2, 0) is 0 Å². The van der Waals surface area contributed by atoms with Gasteiger partial charge in [0.25, 0.3) is 0 Å². The van der Waals surface area contributed by atoms with Gasteiger partial charge in [-0.2, -0.15) is 0 Å². The van der Waals surface area contributed by atoms with Gasteiger partial charge in [-0.25, -0.2) is 0 Å². The van der Waals surface area contributed by atoms with Gasteiger partial charge in [-0.3, -0.25) is 0 Å². The molecule has 0 aromatic carbocycles. The van der Waals surface area contributed by atoms with E-state index in [1.807, 2.05) is 25.4 Å². The Morgan fingerprint density at radius 3 is 3.00 bits per heavy atom. The second-order valence-electron chi connectivity index (χ2n) is 2.79. The number of hydrogen-bond donors (Lipinski definition) is 2. The lowest BCUT2D eigenvalue weighted by atomic mass is 10.1. The maximum Gasteiger partial charge on any atom is 0.167 e. The van der Waals surface area contributed by atoms with Gasteiger partial charge in [-0.1, -0.05) is 0 Å². The minimum Gasteiger partial charge on any atom is -0.376 e. The molecule has 1 rings (SSSR count). The number of rotatable bonds is 1. The Bertz CT molecular complexity index is 245. The van der Waals surface area contributed by atoms with E-state index >= 15 is 0 Å². The summed E-state index contributed by atoms with van der Waals surface area (Å²) in [7, 11) is 2.01. The number of hydrogen-bond acceptors (Lipinski definition) is 2. The molecule has 66 valence electrons. The molecule has 1 unspecified atom stereocenters. The van der Waals surface area contributed by atoms with Crippen molar-refractivity contribution in [3.05, 3.63) is 24.0 Å². The van der Waals surface area contributed by atoms with Gasteiger partial charge in [0.2, 0.25) is 0 Å². The van der Waals surface area contributed by atoms with E-state index < -0.39 is 0 Å². The first-order valence-corrected chi connectivity index (χ1v) is 4.19. The van der Waals surface area contributed by atoms with Gasteiger partial charge < -0.3 is 16.0 Å². The van der Waals surface area contributed by atoms with E-state index in [-0.39, 0.29) is 0 Å². The molecular formula is C8H13N3S. The van der Waals surface area contributed by atoms with E-state index in [0.717, 1.165) is 5.70 Å².